The maximum absolute atomic E-state index is 13.5. The van der Waals surface area contributed by atoms with Gasteiger partial charge in [0.2, 0.25) is 11.9 Å². The zero-order chi connectivity index (χ0) is 54.1. The second-order valence-corrected chi connectivity index (χ2v) is 19.8. The van der Waals surface area contributed by atoms with E-state index in [1.165, 1.54) is 33.0 Å². The summed E-state index contributed by atoms with van der Waals surface area (Å²) in [4.78, 5) is 77.6. The summed E-state index contributed by atoms with van der Waals surface area (Å²) >= 11 is 1.37. The van der Waals surface area contributed by atoms with E-state index in [0.29, 0.717) is 17.1 Å². The number of hydrogen-bond acceptors (Lipinski definition) is 18. The number of ether oxygens (including phenoxy) is 5. The molecule has 6 heterocycles. The summed E-state index contributed by atoms with van der Waals surface area (Å²) in [5.41, 5.74) is -0.177. The van der Waals surface area contributed by atoms with Gasteiger partial charge in [-0.1, -0.05) is 54.6 Å². The second-order valence-electron chi connectivity index (χ2n) is 17.8. The van der Waals surface area contributed by atoms with Crippen LogP contribution < -0.4 is 36.9 Å². The highest BCUT2D eigenvalue weighted by atomic mass is 32.1. The molecular weight excluding hydrogens is 1040 g/mol. The molecule has 2 saturated heterocycles. The van der Waals surface area contributed by atoms with Crippen molar-refractivity contribution >= 4 is 48.9 Å². The molecule has 7 aromatic rings. The highest BCUT2D eigenvalue weighted by molar-refractivity contribution is 7.41. The zero-order valence-electron chi connectivity index (χ0n) is 41.9. The Morgan fingerprint density at radius 1 is 0.883 bits per heavy atom. The van der Waals surface area contributed by atoms with E-state index in [1.54, 1.807) is 38.0 Å². The molecular formula is C52H54N9O14PS. The number of hydrogen-bond donors (Lipinski definition) is 5. The van der Waals surface area contributed by atoms with Crippen molar-refractivity contribution in [3.05, 3.63) is 167 Å². The normalized spacial score (nSPS) is 19.7. The number of methoxy groups -OCH3 is 2. The molecule has 3 aromatic carbocycles. The number of aliphatic hydroxyl groups excluding tert-OH is 1. The van der Waals surface area contributed by atoms with Crippen molar-refractivity contribution in [2.45, 2.75) is 75.1 Å². The Hall–Kier alpha value is -7.43. The van der Waals surface area contributed by atoms with E-state index in [9.17, 15) is 34.3 Å². The Bertz CT molecular complexity index is 3320. The first kappa shape index (κ1) is 54.4. The van der Waals surface area contributed by atoms with E-state index >= 15 is 0 Å². The fourth-order valence-corrected chi connectivity index (χ4v) is 10.7. The van der Waals surface area contributed by atoms with Gasteiger partial charge in [0.25, 0.3) is 17.0 Å². The molecule has 0 aliphatic carbocycles. The van der Waals surface area contributed by atoms with Crippen molar-refractivity contribution in [1.82, 2.24) is 34.4 Å². The predicted octanol–water partition coefficient (Wildman–Crippen LogP) is 5.32. The molecule has 7 atom stereocenters. The number of nitrogens with zero attached hydrogens (tertiary/aromatic N) is 5. The molecule has 0 saturated carbocycles. The minimum atomic E-state index is -2.35. The van der Waals surface area contributed by atoms with E-state index < -0.39 is 73.8 Å². The minimum Gasteiger partial charge on any atom is -0.497 e. The Kier molecular flexibility index (Phi) is 17.4. The fourth-order valence-electron chi connectivity index (χ4n) is 8.93. The zero-order valence-corrected chi connectivity index (χ0v) is 43.6. The summed E-state index contributed by atoms with van der Waals surface area (Å²) in [6.07, 6.45) is -3.12. The number of carbonyl (C=O) groups excluding carboxylic acids is 2. The lowest BCUT2D eigenvalue weighted by molar-refractivity contribution is -0.116. The molecule has 0 bridgehead atoms. The number of aromatic amines is 2. The van der Waals surface area contributed by atoms with Crippen LogP contribution in [0, 0.1) is 18.3 Å². The van der Waals surface area contributed by atoms with Gasteiger partial charge in [0, 0.05) is 48.5 Å². The van der Waals surface area contributed by atoms with Crippen LogP contribution in [0.1, 0.15) is 70.8 Å². The van der Waals surface area contributed by atoms with Gasteiger partial charge >= 0.3 is 14.3 Å². The third-order valence-electron chi connectivity index (χ3n) is 12.9. The van der Waals surface area contributed by atoms with E-state index in [1.807, 2.05) is 78.9 Å². The Morgan fingerprint density at radius 2 is 1.57 bits per heavy atom. The summed E-state index contributed by atoms with van der Waals surface area (Å²) in [6, 6.07) is 28.3. The average molecular weight is 1090 g/mol. The lowest BCUT2D eigenvalue weighted by Crippen LogP contribution is -2.38. The number of anilines is 1. The lowest BCUT2D eigenvalue weighted by atomic mass is 9.80. The van der Waals surface area contributed by atoms with Gasteiger partial charge in [-0.3, -0.25) is 43.6 Å². The number of imidazole rings is 1. The van der Waals surface area contributed by atoms with Gasteiger partial charge in [-0.05, 0) is 59.3 Å². The van der Waals surface area contributed by atoms with Gasteiger partial charge in [-0.15, -0.1) is 0 Å². The molecule has 2 aliphatic heterocycles. The molecule has 2 unspecified atom stereocenters. The molecule has 25 heteroatoms. The van der Waals surface area contributed by atoms with E-state index in [2.05, 4.69) is 36.6 Å². The number of thiophene rings is 1. The van der Waals surface area contributed by atoms with Gasteiger partial charge in [-0.25, -0.2) is 9.78 Å². The molecule has 77 heavy (non-hydrogen) atoms. The number of nitrogens with one attached hydrogen (secondary N) is 4. The van der Waals surface area contributed by atoms with Gasteiger partial charge in [0.1, 0.15) is 41.8 Å². The fraction of sp³-hybridized carbons (Fsp3) is 0.346. The van der Waals surface area contributed by atoms with Crippen LogP contribution in [-0.4, -0.2) is 111 Å². The number of aliphatic hydroxyl groups is 1. The van der Waals surface area contributed by atoms with Gasteiger partial charge < -0.3 is 47.7 Å². The summed E-state index contributed by atoms with van der Waals surface area (Å²) in [5, 5.41) is 29.4. The molecule has 9 rings (SSSR count). The summed E-state index contributed by atoms with van der Waals surface area (Å²) < 4.78 is 53.1. The van der Waals surface area contributed by atoms with Crippen LogP contribution in [0.4, 0.5) is 5.95 Å². The summed E-state index contributed by atoms with van der Waals surface area (Å²) in [5.74, 6) is 0.222. The third-order valence-corrected chi connectivity index (χ3v) is 14.8. The number of fused-ring (bicyclic) bond motifs is 1. The minimum absolute atomic E-state index is 0.00585. The van der Waals surface area contributed by atoms with Crippen LogP contribution in [0.15, 0.2) is 123 Å². The number of rotatable bonds is 23. The van der Waals surface area contributed by atoms with Crippen LogP contribution in [0.2, 0.25) is 0 Å². The van der Waals surface area contributed by atoms with Crippen LogP contribution in [0.3, 0.4) is 0 Å². The van der Waals surface area contributed by atoms with Crippen molar-refractivity contribution in [3.8, 4) is 17.6 Å². The summed E-state index contributed by atoms with van der Waals surface area (Å²) in [6.45, 7) is 1.05. The number of aryl methyl sites for hydroxylation is 1. The molecule has 2 aliphatic rings. The Balaban J connectivity index is 1.02. The van der Waals surface area contributed by atoms with Crippen LogP contribution >= 0.6 is 19.9 Å². The highest BCUT2D eigenvalue weighted by Gasteiger charge is 2.45. The maximum atomic E-state index is 13.5. The third kappa shape index (κ3) is 12.4. The van der Waals surface area contributed by atoms with E-state index in [-0.39, 0.29) is 80.6 Å². The molecule has 2 amide bonds. The first-order chi connectivity index (χ1) is 37.4. The molecule has 23 nitrogen and oxygen atoms in total. The monoisotopic (exact) mass is 1090 g/mol. The van der Waals surface area contributed by atoms with Gasteiger partial charge in [0.05, 0.1) is 65.1 Å². The van der Waals surface area contributed by atoms with Crippen molar-refractivity contribution in [2.75, 3.05) is 45.9 Å². The smallest absolute Gasteiger partial charge is 0.333 e. The quantitative estimate of drug-likeness (QED) is 0.0308. The largest absolute Gasteiger partial charge is 0.497 e. The second kappa shape index (κ2) is 24.7. The van der Waals surface area contributed by atoms with Gasteiger partial charge in [0.15, 0.2) is 11.2 Å². The Labute approximate surface area is 444 Å². The number of aromatic nitrogens is 6. The Morgan fingerprint density at radius 3 is 2.25 bits per heavy atom. The predicted molar refractivity (Wildman–Crippen MR) is 279 cm³/mol. The topological polar surface area (TPSA) is 294 Å². The van der Waals surface area contributed by atoms with Crippen LogP contribution in [0.5, 0.6) is 11.5 Å². The number of benzene rings is 3. The molecule has 0 radical (unpaired) electrons. The van der Waals surface area contributed by atoms with Crippen molar-refractivity contribution in [2.24, 2.45) is 0 Å². The molecule has 2 fully saturated rings. The molecule has 402 valence electrons. The molecule has 5 N–H and O–H groups in total. The summed E-state index contributed by atoms with van der Waals surface area (Å²) in [7, 11) is 0.808. The number of carbonyl (C=O) groups is 2. The van der Waals surface area contributed by atoms with Crippen molar-refractivity contribution in [1.29, 1.82) is 5.26 Å². The first-order valence-corrected chi connectivity index (χ1v) is 26.4. The molecule has 0 spiro atoms. The number of amides is 2. The van der Waals surface area contributed by atoms with Crippen LogP contribution in [0.25, 0.3) is 11.2 Å². The number of nitriles is 1. The van der Waals surface area contributed by atoms with Crippen LogP contribution in [-0.2, 0) is 38.2 Å². The standard InChI is InChI=1S/C52H54N9O14PS/c1-31-26-60(51(67)59-47(31)64)43-24-38(62)40(73-43)28-72-76(71-22-7-20-53)75-39-25-44(61-30-55-45-46(61)57-50(58-49(45)66)56-42(63)18-21-54-48(65)32-19-23-77-29-32)74-41(39)27-70-52(33-8-5-4-6-9-33,34-10-14-36(68-2)15-11-34)35-12-16-37(69-3)17-13-35/h4-6,8-17,19,23,26,29-30,38-41,43-44,62H,7,18,21-22,24-25,27-28H2,1-3H3,(H,54,65)(H,59,64,67)(H2,56,57,58,63,66)/t38-,39-,40-,41-,43-,44?,76?/m1/s1. The van der Waals surface area contributed by atoms with Crippen molar-refractivity contribution in [3.63, 3.8) is 0 Å². The first-order valence-electron chi connectivity index (χ1n) is 24.3. The lowest BCUT2D eigenvalue weighted by Gasteiger charge is -2.37. The van der Waals surface area contributed by atoms with Crippen molar-refractivity contribution < 1.29 is 52.0 Å². The average Bonchev–Trinajstić information content (AvgIpc) is 4.30. The maximum Gasteiger partial charge on any atom is 0.333 e. The molecule has 4 aromatic heterocycles. The van der Waals surface area contributed by atoms with Gasteiger partial charge in [-0.2, -0.15) is 21.6 Å². The SMILES string of the molecule is COc1ccc(C(OC[C@H]2OC(n3cnc4c(=O)[nH]c(NC(=O)CCNC(=O)c5ccsc5)nc43)C[C@H]2OP(OCCC#N)OC[C@H]2O[C@@H](n3cc(C)c(=O)[nH]c3=O)C[C@H]2O)(c2ccccc2)c2ccc(OC)cc2)cc1. The number of H-pyrrole nitrogens is 2. The highest BCUT2D eigenvalue weighted by Crippen LogP contribution is 2.48. The van der Waals surface area contributed by atoms with E-state index in [4.69, 9.17) is 37.3 Å². The van der Waals surface area contributed by atoms with E-state index in [0.717, 1.165) is 16.7 Å².